The Kier molecular flexibility index (Phi) is 4.68. The van der Waals surface area contributed by atoms with Crippen molar-refractivity contribution in [3.8, 4) is 0 Å². The number of pyridine rings is 1. The third-order valence-electron chi connectivity index (χ3n) is 2.78. The Morgan fingerprint density at radius 1 is 1.45 bits per heavy atom. The molecule has 20 heavy (non-hydrogen) atoms. The highest BCUT2D eigenvalue weighted by atomic mass is 32.1. The predicted octanol–water partition coefficient (Wildman–Crippen LogP) is 2.23. The van der Waals surface area contributed by atoms with Crippen molar-refractivity contribution in [3.63, 3.8) is 0 Å². The van der Waals surface area contributed by atoms with E-state index in [1.54, 1.807) is 23.6 Å². The number of amides is 1. The van der Waals surface area contributed by atoms with Crippen LogP contribution in [0.15, 0.2) is 23.7 Å². The van der Waals surface area contributed by atoms with Crippen LogP contribution in [0.2, 0.25) is 0 Å². The number of aromatic nitrogens is 2. The first-order chi connectivity index (χ1) is 9.60. The molecule has 2 heterocycles. The van der Waals surface area contributed by atoms with E-state index in [2.05, 4.69) is 15.3 Å². The van der Waals surface area contributed by atoms with Crippen molar-refractivity contribution in [1.29, 1.82) is 0 Å². The van der Waals surface area contributed by atoms with Crippen LogP contribution in [-0.2, 0) is 6.54 Å². The molecule has 2 aromatic rings. The zero-order chi connectivity index (χ0) is 14.5. The Labute approximate surface area is 122 Å². The average Bonchev–Trinajstić information content (AvgIpc) is 2.84. The van der Waals surface area contributed by atoms with Crippen LogP contribution in [0, 0.1) is 6.92 Å². The number of hydrogen-bond acceptors (Lipinski definition) is 5. The van der Waals surface area contributed by atoms with E-state index in [1.807, 2.05) is 37.2 Å². The summed E-state index contributed by atoms with van der Waals surface area (Å²) in [5.74, 6) is 0.732. The molecule has 5 nitrogen and oxygen atoms in total. The van der Waals surface area contributed by atoms with Crippen LogP contribution in [0.3, 0.4) is 0 Å². The molecule has 0 atom stereocenters. The Morgan fingerprint density at radius 2 is 2.25 bits per heavy atom. The zero-order valence-electron chi connectivity index (χ0n) is 11.9. The quantitative estimate of drug-likeness (QED) is 0.917. The number of carbonyl (C=O) groups excluding carboxylic acids is 1. The fraction of sp³-hybridized carbons (Fsp3) is 0.357. The fourth-order valence-corrected chi connectivity index (χ4v) is 2.59. The van der Waals surface area contributed by atoms with Gasteiger partial charge in [0.05, 0.1) is 12.1 Å². The number of nitrogens with zero attached hydrogens (tertiary/aromatic N) is 3. The van der Waals surface area contributed by atoms with Crippen LogP contribution in [0.4, 0.5) is 5.82 Å². The van der Waals surface area contributed by atoms with Crippen LogP contribution in [0.5, 0.6) is 0 Å². The van der Waals surface area contributed by atoms with E-state index >= 15 is 0 Å². The van der Waals surface area contributed by atoms with Crippen molar-refractivity contribution in [3.05, 3.63) is 40.0 Å². The monoisotopic (exact) mass is 290 g/mol. The molecule has 0 unspecified atom stereocenters. The summed E-state index contributed by atoms with van der Waals surface area (Å²) >= 11 is 1.64. The van der Waals surface area contributed by atoms with Gasteiger partial charge in [0.1, 0.15) is 10.8 Å². The van der Waals surface area contributed by atoms with Crippen molar-refractivity contribution < 1.29 is 4.79 Å². The molecule has 0 spiro atoms. The van der Waals surface area contributed by atoms with Gasteiger partial charge < -0.3 is 10.2 Å². The van der Waals surface area contributed by atoms with Gasteiger partial charge in [-0.3, -0.25) is 4.79 Å². The summed E-state index contributed by atoms with van der Waals surface area (Å²) in [4.78, 5) is 22.4. The molecule has 0 bridgehead atoms. The lowest BCUT2D eigenvalue weighted by atomic mass is 10.2. The Balaban J connectivity index is 2.03. The number of nitrogens with one attached hydrogen (secondary N) is 1. The number of hydrogen-bond donors (Lipinski definition) is 1. The Bertz CT molecular complexity index is 579. The largest absolute Gasteiger partial charge is 0.353 e. The van der Waals surface area contributed by atoms with Crippen LogP contribution in [0.25, 0.3) is 0 Å². The lowest BCUT2D eigenvalue weighted by molar-refractivity contribution is 0.0955. The lowest BCUT2D eigenvalue weighted by Gasteiger charge is -2.16. The van der Waals surface area contributed by atoms with E-state index < -0.39 is 0 Å². The van der Waals surface area contributed by atoms with Crippen molar-refractivity contribution in [2.45, 2.75) is 20.4 Å². The normalized spacial score (nSPS) is 10.3. The van der Waals surface area contributed by atoms with Gasteiger partial charge in [0.15, 0.2) is 0 Å². The first kappa shape index (κ1) is 14.5. The molecule has 0 aliphatic carbocycles. The molecule has 0 aliphatic rings. The predicted molar refractivity (Wildman–Crippen MR) is 81.2 cm³/mol. The molecular formula is C14H18N4OS. The van der Waals surface area contributed by atoms with Gasteiger partial charge in [-0.1, -0.05) is 0 Å². The van der Waals surface area contributed by atoms with E-state index in [0.29, 0.717) is 18.7 Å². The SMILES string of the molecule is CCNC(=O)c1ccc(N(C)Cc2nc(C)cs2)nc1. The van der Waals surface area contributed by atoms with Gasteiger partial charge in [0.2, 0.25) is 0 Å². The lowest BCUT2D eigenvalue weighted by Crippen LogP contribution is -2.23. The van der Waals surface area contributed by atoms with E-state index in [4.69, 9.17) is 0 Å². The van der Waals surface area contributed by atoms with Crippen LogP contribution in [-0.4, -0.2) is 29.5 Å². The maximum atomic E-state index is 11.6. The molecule has 1 N–H and O–H groups in total. The molecule has 1 amide bonds. The van der Waals surface area contributed by atoms with Gasteiger partial charge in [-0.05, 0) is 26.0 Å². The summed E-state index contributed by atoms with van der Waals surface area (Å²) in [7, 11) is 1.96. The smallest absolute Gasteiger partial charge is 0.252 e. The minimum Gasteiger partial charge on any atom is -0.353 e. The second-order valence-electron chi connectivity index (χ2n) is 4.50. The molecule has 0 saturated heterocycles. The van der Waals surface area contributed by atoms with Gasteiger partial charge in [-0.2, -0.15) is 0 Å². The first-order valence-electron chi connectivity index (χ1n) is 6.46. The van der Waals surface area contributed by atoms with Crippen LogP contribution >= 0.6 is 11.3 Å². The van der Waals surface area contributed by atoms with Gasteiger partial charge in [-0.25, -0.2) is 9.97 Å². The Hall–Kier alpha value is -1.95. The zero-order valence-corrected chi connectivity index (χ0v) is 12.7. The molecule has 2 aromatic heterocycles. The molecule has 6 heteroatoms. The summed E-state index contributed by atoms with van der Waals surface area (Å²) in [5, 5.41) is 5.84. The summed E-state index contributed by atoms with van der Waals surface area (Å²) in [6, 6.07) is 3.64. The molecule has 0 saturated carbocycles. The summed E-state index contributed by atoms with van der Waals surface area (Å²) in [5.41, 5.74) is 1.62. The van der Waals surface area contributed by atoms with Crippen molar-refractivity contribution in [2.75, 3.05) is 18.5 Å². The molecule has 0 aliphatic heterocycles. The van der Waals surface area contributed by atoms with E-state index in [9.17, 15) is 4.79 Å². The molecule has 106 valence electrons. The van der Waals surface area contributed by atoms with E-state index in [0.717, 1.165) is 16.5 Å². The van der Waals surface area contributed by atoms with Crippen molar-refractivity contribution >= 4 is 23.1 Å². The molecule has 0 radical (unpaired) electrons. The first-order valence-corrected chi connectivity index (χ1v) is 7.34. The maximum absolute atomic E-state index is 11.6. The van der Waals surface area contributed by atoms with E-state index in [1.165, 1.54) is 0 Å². The highest BCUT2D eigenvalue weighted by Crippen LogP contribution is 2.16. The molecular weight excluding hydrogens is 272 g/mol. The van der Waals surface area contributed by atoms with Gasteiger partial charge in [0, 0.05) is 30.9 Å². The molecule has 2 rings (SSSR count). The number of carbonyl (C=O) groups is 1. The van der Waals surface area contributed by atoms with Gasteiger partial charge in [-0.15, -0.1) is 11.3 Å². The van der Waals surface area contributed by atoms with E-state index in [-0.39, 0.29) is 5.91 Å². The summed E-state index contributed by atoms with van der Waals surface area (Å²) < 4.78 is 0. The fourth-order valence-electron chi connectivity index (χ4n) is 1.77. The maximum Gasteiger partial charge on any atom is 0.252 e. The van der Waals surface area contributed by atoms with Crippen molar-refractivity contribution in [1.82, 2.24) is 15.3 Å². The van der Waals surface area contributed by atoms with Gasteiger partial charge >= 0.3 is 0 Å². The number of anilines is 1. The molecule has 0 aromatic carbocycles. The minimum atomic E-state index is -0.0928. The molecule has 0 fully saturated rings. The van der Waals surface area contributed by atoms with Gasteiger partial charge in [0.25, 0.3) is 5.91 Å². The Morgan fingerprint density at radius 3 is 2.80 bits per heavy atom. The second-order valence-corrected chi connectivity index (χ2v) is 5.45. The third-order valence-corrected chi connectivity index (χ3v) is 3.73. The topological polar surface area (TPSA) is 58.1 Å². The summed E-state index contributed by atoms with van der Waals surface area (Å²) in [6.45, 7) is 5.21. The number of thiazole rings is 1. The summed E-state index contributed by atoms with van der Waals surface area (Å²) in [6.07, 6.45) is 1.60. The average molecular weight is 290 g/mol. The highest BCUT2D eigenvalue weighted by molar-refractivity contribution is 7.09. The minimum absolute atomic E-state index is 0.0928. The second kappa shape index (κ2) is 6.47. The van der Waals surface area contributed by atoms with Crippen molar-refractivity contribution in [2.24, 2.45) is 0 Å². The number of rotatable bonds is 5. The van der Waals surface area contributed by atoms with Crippen LogP contribution in [0.1, 0.15) is 28.0 Å². The standard InChI is InChI=1S/C14H18N4OS/c1-4-15-14(19)11-5-6-12(16-7-11)18(3)8-13-17-10(2)9-20-13/h5-7,9H,4,8H2,1-3H3,(H,15,19). The van der Waals surface area contributed by atoms with Crippen LogP contribution < -0.4 is 10.2 Å². The number of aryl methyl sites for hydroxylation is 1. The highest BCUT2D eigenvalue weighted by Gasteiger charge is 2.08. The third kappa shape index (κ3) is 3.54.